The number of hydrogen-bond acceptors (Lipinski definition) is 1. The number of aromatic nitrogens is 1. The second kappa shape index (κ2) is 6.44. The van der Waals surface area contributed by atoms with E-state index in [2.05, 4.69) is 108 Å². The molecule has 2 heterocycles. The summed E-state index contributed by atoms with van der Waals surface area (Å²) < 4.78 is 8.58. The van der Waals surface area contributed by atoms with E-state index in [1.807, 2.05) is 12.1 Å². The Kier molecular flexibility index (Phi) is 3.31. The lowest BCUT2D eigenvalue weighted by atomic mass is 9.99. The lowest BCUT2D eigenvalue weighted by Crippen LogP contribution is -1.94. The standard InChI is InChI=1S/C34H19NO/c1-2-9-22-21(8-1)25-12-7-13-26-33(25)28(22)19-29-23-10-3-5-14-30(23)35(34(26)29)20-16-17-32-27(18-20)24-11-4-6-15-31(24)36-32/h1-19H. The number of benzene rings is 6. The number of hydrogen-bond donors (Lipinski definition) is 0. The highest BCUT2D eigenvalue weighted by Crippen LogP contribution is 2.51. The van der Waals surface area contributed by atoms with Crippen molar-refractivity contribution in [2.45, 2.75) is 0 Å². The third-order valence-electron chi connectivity index (χ3n) is 7.92. The maximum Gasteiger partial charge on any atom is 0.135 e. The average molecular weight is 458 g/mol. The molecule has 1 aliphatic rings. The van der Waals surface area contributed by atoms with Gasteiger partial charge >= 0.3 is 0 Å². The summed E-state index contributed by atoms with van der Waals surface area (Å²) in [7, 11) is 0. The van der Waals surface area contributed by atoms with Gasteiger partial charge in [0.1, 0.15) is 11.2 Å². The summed E-state index contributed by atoms with van der Waals surface area (Å²) >= 11 is 0. The summed E-state index contributed by atoms with van der Waals surface area (Å²) in [5.74, 6) is 0. The van der Waals surface area contributed by atoms with Crippen molar-refractivity contribution < 1.29 is 4.42 Å². The van der Waals surface area contributed by atoms with Gasteiger partial charge in [0.15, 0.2) is 0 Å². The van der Waals surface area contributed by atoms with Crippen molar-refractivity contribution in [2.75, 3.05) is 0 Å². The van der Waals surface area contributed by atoms with Crippen LogP contribution in [0.25, 0.3) is 82.5 Å². The van der Waals surface area contributed by atoms with Gasteiger partial charge < -0.3 is 8.98 Å². The molecule has 0 bridgehead atoms. The number of rotatable bonds is 1. The molecule has 0 fully saturated rings. The van der Waals surface area contributed by atoms with Crippen molar-refractivity contribution in [3.05, 3.63) is 115 Å². The number of furan rings is 1. The van der Waals surface area contributed by atoms with Gasteiger partial charge in [0.2, 0.25) is 0 Å². The zero-order valence-corrected chi connectivity index (χ0v) is 19.3. The monoisotopic (exact) mass is 457 g/mol. The van der Waals surface area contributed by atoms with Crippen molar-refractivity contribution in [2.24, 2.45) is 0 Å². The fourth-order valence-corrected chi connectivity index (χ4v) is 6.44. The van der Waals surface area contributed by atoms with Gasteiger partial charge in [0.25, 0.3) is 0 Å². The van der Waals surface area contributed by atoms with Gasteiger partial charge in [-0.15, -0.1) is 0 Å². The van der Waals surface area contributed by atoms with Crippen LogP contribution in [0, 0.1) is 0 Å². The summed E-state index contributed by atoms with van der Waals surface area (Å²) in [6.45, 7) is 0. The maximum atomic E-state index is 6.14. The molecule has 36 heavy (non-hydrogen) atoms. The first-order valence-corrected chi connectivity index (χ1v) is 12.4. The van der Waals surface area contributed by atoms with E-state index in [1.165, 1.54) is 54.8 Å². The van der Waals surface area contributed by atoms with E-state index in [9.17, 15) is 0 Å². The lowest BCUT2D eigenvalue weighted by Gasteiger charge is -2.11. The first kappa shape index (κ1) is 18.5. The minimum Gasteiger partial charge on any atom is -0.456 e. The van der Waals surface area contributed by atoms with Gasteiger partial charge in [-0.25, -0.2) is 0 Å². The summed E-state index contributed by atoms with van der Waals surface area (Å²) in [5, 5.41) is 7.51. The second-order valence-electron chi connectivity index (χ2n) is 9.73. The van der Waals surface area contributed by atoms with E-state index in [1.54, 1.807) is 0 Å². The minimum absolute atomic E-state index is 0.920. The Labute approximate surface area is 206 Å². The predicted octanol–water partition coefficient (Wildman–Crippen LogP) is 9.48. The molecular weight excluding hydrogens is 438 g/mol. The third kappa shape index (κ3) is 2.18. The molecule has 2 aromatic heterocycles. The molecule has 2 nitrogen and oxygen atoms in total. The Morgan fingerprint density at radius 2 is 1.14 bits per heavy atom. The molecule has 2 heteroatoms. The van der Waals surface area contributed by atoms with Gasteiger partial charge in [0, 0.05) is 32.6 Å². The van der Waals surface area contributed by atoms with Crippen molar-refractivity contribution >= 4 is 54.5 Å². The van der Waals surface area contributed by atoms with Gasteiger partial charge in [-0.05, 0) is 64.0 Å². The van der Waals surface area contributed by atoms with Crippen molar-refractivity contribution in [1.29, 1.82) is 0 Å². The molecule has 0 N–H and O–H groups in total. The van der Waals surface area contributed by atoms with E-state index in [0.29, 0.717) is 0 Å². The zero-order valence-electron chi connectivity index (χ0n) is 19.3. The topological polar surface area (TPSA) is 18.1 Å². The fraction of sp³-hybridized carbons (Fsp3) is 0. The van der Waals surface area contributed by atoms with Gasteiger partial charge in [-0.3, -0.25) is 0 Å². The van der Waals surface area contributed by atoms with E-state index in [-0.39, 0.29) is 0 Å². The highest BCUT2D eigenvalue weighted by Gasteiger charge is 2.25. The molecule has 0 spiro atoms. The van der Waals surface area contributed by atoms with Crippen LogP contribution in [0.5, 0.6) is 0 Å². The summed E-state index contributed by atoms with van der Waals surface area (Å²) in [4.78, 5) is 0. The Hall–Kier alpha value is -4.82. The molecule has 9 rings (SSSR count). The molecule has 0 saturated carbocycles. The molecular formula is C34H19NO. The van der Waals surface area contributed by atoms with Gasteiger partial charge in [0.05, 0.1) is 11.0 Å². The number of para-hydroxylation sites is 2. The van der Waals surface area contributed by atoms with Crippen LogP contribution >= 0.6 is 0 Å². The van der Waals surface area contributed by atoms with Gasteiger partial charge in [-0.2, -0.15) is 0 Å². The zero-order chi connectivity index (χ0) is 23.4. The Bertz CT molecular complexity index is 2210. The molecule has 0 saturated heterocycles. The SMILES string of the molecule is c1ccc2c(c1)-c1cccc3c1c-2cc1c2ccccc2n(-c2ccc4oc5ccccc5c4c2)c31. The Morgan fingerprint density at radius 1 is 0.444 bits per heavy atom. The quantitative estimate of drug-likeness (QED) is 0.240. The summed E-state index contributed by atoms with van der Waals surface area (Å²) in [5.41, 5.74) is 10.8. The van der Waals surface area contributed by atoms with Crippen molar-refractivity contribution in [3.8, 4) is 27.9 Å². The van der Waals surface area contributed by atoms with Crippen LogP contribution in [0.2, 0.25) is 0 Å². The van der Waals surface area contributed by atoms with Crippen LogP contribution < -0.4 is 0 Å². The van der Waals surface area contributed by atoms with Crippen LogP contribution in [0.3, 0.4) is 0 Å². The van der Waals surface area contributed by atoms with Crippen LogP contribution in [0.15, 0.2) is 120 Å². The first-order chi connectivity index (χ1) is 17.9. The Morgan fingerprint density at radius 3 is 2.06 bits per heavy atom. The normalized spacial score (nSPS) is 12.4. The van der Waals surface area contributed by atoms with E-state index < -0.39 is 0 Å². The van der Waals surface area contributed by atoms with Crippen molar-refractivity contribution in [1.82, 2.24) is 4.57 Å². The lowest BCUT2D eigenvalue weighted by molar-refractivity contribution is 0.669. The fourth-order valence-electron chi connectivity index (χ4n) is 6.44. The maximum absolute atomic E-state index is 6.14. The molecule has 8 aromatic rings. The molecule has 0 aliphatic heterocycles. The van der Waals surface area contributed by atoms with Crippen LogP contribution in [0.4, 0.5) is 0 Å². The van der Waals surface area contributed by atoms with Crippen LogP contribution in [-0.2, 0) is 0 Å². The first-order valence-electron chi connectivity index (χ1n) is 12.4. The summed E-state index contributed by atoms with van der Waals surface area (Å²) in [6.07, 6.45) is 0. The third-order valence-corrected chi connectivity index (χ3v) is 7.92. The molecule has 0 unspecified atom stereocenters. The number of nitrogens with zero attached hydrogens (tertiary/aromatic N) is 1. The van der Waals surface area contributed by atoms with E-state index in [0.717, 1.165) is 27.6 Å². The minimum atomic E-state index is 0.920. The summed E-state index contributed by atoms with van der Waals surface area (Å²) in [6, 6.07) is 41.6. The molecule has 1 aliphatic carbocycles. The van der Waals surface area contributed by atoms with E-state index in [4.69, 9.17) is 4.42 Å². The van der Waals surface area contributed by atoms with Crippen molar-refractivity contribution in [3.63, 3.8) is 0 Å². The molecule has 0 radical (unpaired) electrons. The highest BCUT2D eigenvalue weighted by molar-refractivity contribution is 6.27. The average Bonchev–Trinajstić information content (AvgIpc) is 3.58. The van der Waals surface area contributed by atoms with Crippen LogP contribution in [0.1, 0.15) is 0 Å². The molecule has 0 atom stereocenters. The number of fused-ring (bicyclic) bond motifs is 10. The smallest absolute Gasteiger partial charge is 0.135 e. The van der Waals surface area contributed by atoms with Gasteiger partial charge in [-0.1, -0.05) is 78.9 Å². The Balaban J connectivity index is 1.48. The second-order valence-corrected chi connectivity index (χ2v) is 9.73. The highest BCUT2D eigenvalue weighted by atomic mass is 16.3. The van der Waals surface area contributed by atoms with E-state index >= 15 is 0 Å². The predicted molar refractivity (Wildman–Crippen MR) is 150 cm³/mol. The molecule has 166 valence electrons. The molecule has 0 amide bonds. The van der Waals surface area contributed by atoms with Crippen LogP contribution in [-0.4, -0.2) is 4.57 Å². The molecule has 6 aromatic carbocycles. The largest absolute Gasteiger partial charge is 0.456 e.